The molecule has 0 saturated heterocycles. The van der Waals surface area contributed by atoms with Gasteiger partial charge in [0.25, 0.3) is 5.91 Å². The highest BCUT2D eigenvalue weighted by Crippen LogP contribution is 2.40. The van der Waals surface area contributed by atoms with Crippen LogP contribution in [0.15, 0.2) is 47.4 Å². The van der Waals surface area contributed by atoms with Gasteiger partial charge in [-0.15, -0.1) is 0 Å². The molecule has 3 rings (SSSR count). The van der Waals surface area contributed by atoms with E-state index in [1.165, 1.54) is 26.2 Å². The van der Waals surface area contributed by atoms with Crippen LogP contribution in [0.5, 0.6) is 5.75 Å². The Bertz CT molecular complexity index is 1010. The van der Waals surface area contributed by atoms with Gasteiger partial charge in [0.05, 0.1) is 10.9 Å². The van der Waals surface area contributed by atoms with E-state index < -0.39 is 15.6 Å². The van der Waals surface area contributed by atoms with Gasteiger partial charge >= 0.3 is 0 Å². The molecule has 1 aliphatic heterocycles. The Balaban J connectivity index is 1.91. The van der Waals surface area contributed by atoms with Gasteiger partial charge in [-0.3, -0.25) is 4.79 Å². The fraction of sp³-hybridized carbons (Fsp3) is 0.381. The predicted octanol–water partition coefficient (Wildman–Crippen LogP) is 3.28. The van der Waals surface area contributed by atoms with Gasteiger partial charge in [0.1, 0.15) is 11.4 Å². The summed E-state index contributed by atoms with van der Waals surface area (Å²) in [5.41, 5.74) is 1.91. The van der Waals surface area contributed by atoms with Gasteiger partial charge in [-0.1, -0.05) is 23.8 Å². The second kappa shape index (κ2) is 7.22. The molecule has 0 unspecified atom stereocenters. The third-order valence-electron chi connectivity index (χ3n) is 4.80. The smallest absolute Gasteiger partial charge is 0.251 e. The summed E-state index contributed by atoms with van der Waals surface area (Å²) in [6.45, 7) is 5.97. The molecule has 28 heavy (non-hydrogen) atoms. The van der Waals surface area contributed by atoms with Gasteiger partial charge in [-0.2, -0.15) is 0 Å². The first-order valence-electron chi connectivity index (χ1n) is 9.13. The number of aryl methyl sites for hydroxylation is 1. The molecule has 7 heteroatoms. The van der Waals surface area contributed by atoms with Gasteiger partial charge in [0, 0.05) is 31.6 Å². The van der Waals surface area contributed by atoms with E-state index in [0.717, 1.165) is 21.2 Å². The lowest BCUT2D eigenvalue weighted by Crippen LogP contribution is -2.41. The minimum Gasteiger partial charge on any atom is -0.487 e. The summed E-state index contributed by atoms with van der Waals surface area (Å²) in [7, 11) is -0.678. The van der Waals surface area contributed by atoms with Crippen LogP contribution in [0, 0.1) is 6.92 Å². The van der Waals surface area contributed by atoms with E-state index in [1.807, 2.05) is 39.0 Å². The number of carbonyl (C=O) groups is 1. The minimum atomic E-state index is -3.61. The molecule has 1 N–H and O–H groups in total. The highest BCUT2D eigenvalue weighted by molar-refractivity contribution is 7.89. The summed E-state index contributed by atoms with van der Waals surface area (Å²) >= 11 is 0. The third kappa shape index (κ3) is 4.05. The first kappa shape index (κ1) is 20.4. The molecular weight excluding hydrogens is 376 g/mol. The van der Waals surface area contributed by atoms with Crippen molar-refractivity contribution in [3.63, 3.8) is 0 Å². The van der Waals surface area contributed by atoms with Crippen LogP contribution in [0.4, 0.5) is 0 Å². The zero-order valence-electron chi connectivity index (χ0n) is 16.8. The Hall–Kier alpha value is -2.38. The maximum atomic E-state index is 12.9. The molecule has 2 aromatic rings. The van der Waals surface area contributed by atoms with Gasteiger partial charge in [0.2, 0.25) is 10.0 Å². The number of fused-ring (bicyclic) bond motifs is 1. The van der Waals surface area contributed by atoms with Gasteiger partial charge in [-0.05, 0) is 45.0 Å². The van der Waals surface area contributed by atoms with Crippen molar-refractivity contribution in [2.75, 3.05) is 14.1 Å². The molecule has 0 aromatic heterocycles. The van der Waals surface area contributed by atoms with E-state index >= 15 is 0 Å². The van der Waals surface area contributed by atoms with E-state index in [4.69, 9.17) is 4.74 Å². The van der Waals surface area contributed by atoms with Gasteiger partial charge in [0.15, 0.2) is 0 Å². The summed E-state index contributed by atoms with van der Waals surface area (Å²) in [5.74, 6) is 0.446. The van der Waals surface area contributed by atoms with Crippen molar-refractivity contribution in [1.29, 1.82) is 0 Å². The molecular formula is C21H26N2O4S. The Morgan fingerprint density at radius 1 is 1.18 bits per heavy atom. The standard InChI is InChI=1S/C21H26N2O4S/c1-14-9-10-19-17(11-14)18(13-21(2,3)27-19)22-20(24)15-7-6-8-16(12-15)28(25,26)23(4)5/h6-12,18H,13H2,1-5H3,(H,22,24)/t18-/m1/s1. The first-order chi connectivity index (χ1) is 13.0. The zero-order valence-corrected chi connectivity index (χ0v) is 17.6. The maximum absolute atomic E-state index is 12.9. The minimum absolute atomic E-state index is 0.0914. The van der Waals surface area contributed by atoms with E-state index in [-0.39, 0.29) is 16.8 Å². The van der Waals surface area contributed by atoms with Gasteiger partial charge < -0.3 is 10.1 Å². The van der Waals surface area contributed by atoms with Crippen molar-refractivity contribution < 1.29 is 17.9 Å². The number of nitrogens with one attached hydrogen (secondary N) is 1. The maximum Gasteiger partial charge on any atom is 0.251 e. The predicted molar refractivity (Wildman–Crippen MR) is 108 cm³/mol. The average molecular weight is 403 g/mol. The fourth-order valence-electron chi connectivity index (χ4n) is 3.35. The summed E-state index contributed by atoms with van der Waals surface area (Å²) in [6.07, 6.45) is 0.616. The second-order valence-corrected chi connectivity index (χ2v) is 10.1. The highest BCUT2D eigenvalue weighted by Gasteiger charge is 2.34. The summed E-state index contributed by atoms with van der Waals surface area (Å²) in [4.78, 5) is 13.0. The van der Waals surface area contributed by atoms with Crippen LogP contribution in [-0.4, -0.2) is 38.3 Å². The van der Waals surface area contributed by atoms with Crippen molar-refractivity contribution in [2.24, 2.45) is 0 Å². The highest BCUT2D eigenvalue weighted by atomic mass is 32.2. The molecule has 0 radical (unpaired) electrons. The molecule has 0 saturated carbocycles. The molecule has 0 spiro atoms. The molecule has 1 amide bonds. The monoisotopic (exact) mass is 402 g/mol. The molecule has 1 heterocycles. The molecule has 0 aliphatic carbocycles. The first-order valence-corrected chi connectivity index (χ1v) is 10.6. The second-order valence-electron chi connectivity index (χ2n) is 7.95. The number of hydrogen-bond acceptors (Lipinski definition) is 4. The largest absolute Gasteiger partial charge is 0.487 e. The van der Waals surface area contributed by atoms with E-state index in [1.54, 1.807) is 12.1 Å². The molecule has 2 aromatic carbocycles. The quantitative estimate of drug-likeness (QED) is 0.852. The topological polar surface area (TPSA) is 75.7 Å². The van der Waals surface area contributed by atoms with Crippen molar-refractivity contribution >= 4 is 15.9 Å². The molecule has 6 nitrogen and oxygen atoms in total. The van der Waals surface area contributed by atoms with Crippen molar-refractivity contribution in [2.45, 2.75) is 43.7 Å². The number of benzene rings is 2. The van der Waals surface area contributed by atoms with Crippen LogP contribution in [-0.2, 0) is 10.0 Å². The molecule has 0 fully saturated rings. The van der Waals surface area contributed by atoms with Crippen molar-refractivity contribution in [3.8, 4) is 5.75 Å². The van der Waals surface area contributed by atoms with Crippen molar-refractivity contribution in [3.05, 3.63) is 59.2 Å². The number of nitrogens with zero attached hydrogens (tertiary/aromatic N) is 1. The fourth-order valence-corrected chi connectivity index (χ4v) is 4.30. The van der Waals surface area contributed by atoms with E-state index in [0.29, 0.717) is 12.0 Å². The number of rotatable bonds is 4. The SMILES string of the molecule is Cc1ccc2c(c1)[C@H](NC(=O)c1cccc(S(=O)(=O)N(C)C)c1)CC(C)(C)O2. The molecule has 1 atom stereocenters. The Morgan fingerprint density at radius 3 is 2.57 bits per heavy atom. The number of sulfonamides is 1. The average Bonchev–Trinajstić information content (AvgIpc) is 2.61. The third-order valence-corrected chi connectivity index (χ3v) is 6.61. The zero-order chi connectivity index (χ0) is 20.7. The number of carbonyl (C=O) groups excluding carboxylic acids is 1. The van der Waals surface area contributed by atoms with E-state index in [9.17, 15) is 13.2 Å². The van der Waals surface area contributed by atoms with Crippen LogP contribution >= 0.6 is 0 Å². The lowest BCUT2D eigenvalue weighted by atomic mass is 9.88. The van der Waals surface area contributed by atoms with Crippen LogP contribution in [0.3, 0.4) is 0 Å². The molecule has 1 aliphatic rings. The Morgan fingerprint density at radius 2 is 1.89 bits per heavy atom. The number of ether oxygens (including phenoxy) is 1. The lowest BCUT2D eigenvalue weighted by molar-refractivity contribution is 0.0619. The van der Waals surface area contributed by atoms with Crippen LogP contribution < -0.4 is 10.1 Å². The molecule has 0 bridgehead atoms. The van der Waals surface area contributed by atoms with Crippen LogP contribution in [0.2, 0.25) is 0 Å². The number of hydrogen-bond donors (Lipinski definition) is 1. The Labute approximate surface area is 166 Å². The Kier molecular flexibility index (Phi) is 5.25. The number of amides is 1. The summed E-state index contributed by atoms with van der Waals surface area (Å²) < 4.78 is 31.9. The van der Waals surface area contributed by atoms with E-state index in [2.05, 4.69) is 5.32 Å². The summed E-state index contributed by atoms with van der Waals surface area (Å²) in [6, 6.07) is 11.8. The normalized spacial score (nSPS) is 18.3. The molecule has 150 valence electrons. The summed E-state index contributed by atoms with van der Waals surface area (Å²) in [5, 5.41) is 3.05. The van der Waals surface area contributed by atoms with Crippen LogP contribution in [0.25, 0.3) is 0 Å². The van der Waals surface area contributed by atoms with Crippen LogP contribution in [0.1, 0.15) is 47.8 Å². The van der Waals surface area contributed by atoms with Crippen molar-refractivity contribution in [1.82, 2.24) is 9.62 Å². The lowest BCUT2D eigenvalue weighted by Gasteiger charge is -2.38. The van der Waals surface area contributed by atoms with Gasteiger partial charge in [-0.25, -0.2) is 12.7 Å².